The van der Waals surface area contributed by atoms with Gasteiger partial charge < -0.3 is 9.47 Å². The van der Waals surface area contributed by atoms with Crippen LogP contribution in [0.25, 0.3) is 10.8 Å². The van der Waals surface area contributed by atoms with Gasteiger partial charge in [0.15, 0.2) is 0 Å². The molecule has 92 valence electrons. The van der Waals surface area contributed by atoms with Gasteiger partial charge in [0.25, 0.3) is 0 Å². The lowest BCUT2D eigenvalue weighted by Crippen LogP contribution is -2.06. The maximum absolute atomic E-state index is 11.6. The summed E-state index contributed by atoms with van der Waals surface area (Å²) in [6.45, 7) is 0. The molecule has 4 heteroatoms. The zero-order valence-electron chi connectivity index (χ0n) is 10.1. The summed E-state index contributed by atoms with van der Waals surface area (Å²) in [4.78, 5) is 23.3. The second-order valence-electron chi connectivity index (χ2n) is 3.69. The molecule has 4 nitrogen and oxygen atoms in total. The predicted octanol–water partition coefficient (Wildman–Crippen LogP) is 2.41. The van der Waals surface area contributed by atoms with Crippen LogP contribution in [0.3, 0.4) is 0 Å². The summed E-state index contributed by atoms with van der Waals surface area (Å²) in [5.41, 5.74) is 0.863. The van der Waals surface area contributed by atoms with E-state index in [4.69, 9.17) is 9.47 Å². The molecule has 0 bridgehead atoms. The van der Waals surface area contributed by atoms with Crippen LogP contribution in [0.4, 0.5) is 0 Å². The normalized spacial score (nSPS) is 10.1. The SMILES string of the molecule is COC(=O)c1ccc(C(=O)OC)c2ccccc12. The monoisotopic (exact) mass is 244 g/mol. The third-order valence-electron chi connectivity index (χ3n) is 2.73. The molecule has 0 saturated carbocycles. The van der Waals surface area contributed by atoms with E-state index in [1.54, 1.807) is 36.4 Å². The summed E-state index contributed by atoms with van der Waals surface area (Å²) >= 11 is 0. The number of fused-ring (bicyclic) bond motifs is 1. The summed E-state index contributed by atoms with van der Waals surface area (Å²) in [5.74, 6) is -0.856. The van der Waals surface area contributed by atoms with Gasteiger partial charge in [-0.15, -0.1) is 0 Å². The Balaban J connectivity index is 2.74. The zero-order chi connectivity index (χ0) is 13.1. The van der Waals surface area contributed by atoms with Gasteiger partial charge in [-0.25, -0.2) is 9.59 Å². The van der Waals surface area contributed by atoms with E-state index in [9.17, 15) is 9.59 Å². The zero-order valence-corrected chi connectivity index (χ0v) is 10.1. The number of hydrogen-bond donors (Lipinski definition) is 0. The lowest BCUT2D eigenvalue weighted by Gasteiger charge is -2.08. The van der Waals surface area contributed by atoms with E-state index in [-0.39, 0.29) is 0 Å². The van der Waals surface area contributed by atoms with E-state index in [0.717, 1.165) is 0 Å². The minimum atomic E-state index is -0.428. The molecule has 0 amide bonds. The Morgan fingerprint density at radius 3 is 1.50 bits per heavy atom. The largest absolute Gasteiger partial charge is 0.465 e. The fraction of sp³-hybridized carbons (Fsp3) is 0.143. The van der Waals surface area contributed by atoms with Crippen LogP contribution in [0.1, 0.15) is 20.7 Å². The van der Waals surface area contributed by atoms with Crippen molar-refractivity contribution in [1.29, 1.82) is 0 Å². The van der Waals surface area contributed by atoms with Crippen molar-refractivity contribution in [3.63, 3.8) is 0 Å². The first-order chi connectivity index (χ1) is 8.69. The lowest BCUT2D eigenvalue weighted by atomic mass is 9.99. The molecule has 0 spiro atoms. The van der Waals surface area contributed by atoms with Gasteiger partial charge in [0.2, 0.25) is 0 Å². The number of carbonyl (C=O) groups is 2. The van der Waals surface area contributed by atoms with Crippen LogP contribution in [-0.4, -0.2) is 26.2 Å². The number of ether oxygens (including phenoxy) is 2. The number of carbonyl (C=O) groups excluding carboxylic acids is 2. The van der Waals surface area contributed by atoms with E-state index in [1.165, 1.54) is 14.2 Å². The van der Waals surface area contributed by atoms with Crippen molar-refractivity contribution in [2.75, 3.05) is 14.2 Å². The van der Waals surface area contributed by atoms with Crippen molar-refractivity contribution >= 4 is 22.7 Å². The first-order valence-electron chi connectivity index (χ1n) is 5.37. The van der Waals surface area contributed by atoms with Crippen LogP contribution in [0, 0.1) is 0 Å². The first kappa shape index (κ1) is 12.1. The molecule has 0 aliphatic carbocycles. The van der Waals surface area contributed by atoms with Gasteiger partial charge in [0.1, 0.15) is 0 Å². The minimum Gasteiger partial charge on any atom is -0.465 e. The fourth-order valence-electron chi connectivity index (χ4n) is 1.87. The summed E-state index contributed by atoms with van der Waals surface area (Å²) in [7, 11) is 2.65. The van der Waals surface area contributed by atoms with E-state index in [0.29, 0.717) is 21.9 Å². The van der Waals surface area contributed by atoms with Crippen molar-refractivity contribution in [2.24, 2.45) is 0 Å². The molecule has 0 heterocycles. The highest BCUT2D eigenvalue weighted by molar-refractivity contribution is 6.11. The summed E-state index contributed by atoms with van der Waals surface area (Å²) in [6, 6.07) is 10.3. The topological polar surface area (TPSA) is 52.6 Å². The molecular formula is C14H12O4. The minimum absolute atomic E-state index is 0.428. The Bertz CT molecular complexity index is 562. The van der Waals surface area contributed by atoms with Crippen LogP contribution < -0.4 is 0 Å². The van der Waals surface area contributed by atoms with Crippen molar-refractivity contribution in [3.8, 4) is 0 Å². The molecule has 0 saturated heterocycles. The summed E-state index contributed by atoms with van der Waals surface area (Å²) in [6.07, 6.45) is 0. The van der Waals surface area contributed by atoms with Gasteiger partial charge in [-0.1, -0.05) is 24.3 Å². The van der Waals surface area contributed by atoms with Crippen molar-refractivity contribution in [2.45, 2.75) is 0 Å². The molecular weight excluding hydrogens is 232 g/mol. The second-order valence-corrected chi connectivity index (χ2v) is 3.69. The highest BCUT2D eigenvalue weighted by Gasteiger charge is 2.16. The molecule has 0 aromatic heterocycles. The lowest BCUT2D eigenvalue weighted by molar-refractivity contribution is 0.0590. The van der Waals surface area contributed by atoms with Gasteiger partial charge in [0.05, 0.1) is 25.3 Å². The third kappa shape index (κ3) is 1.93. The predicted molar refractivity (Wildman–Crippen MR) is 66.6 cm³/mol. The van der Waals surface area contributed by atoms with E-state index < -0.39 is 11.9 Å². The quantitative estimate of drug-likeness (QED) is 0.761. The molecule has 2 aromatic rings. The smallest absolute Gasteiger partial charge is 0.338 e. The fourth-order valence-corrected chi connectivity index (χ4v) is 1.87. The van der Waals surface area contributed by atoms with Gasteiger partial charge in [-0.2, -0.15) is 0 Å². The van der Waals surface area contributed by atoms with E-state index >= 15 is 0 Å². The molecule has 0 aliphatic heterocycles. The maximum atomic E-state index is 11.6. The average molecular weight is 244 g/mol. The maximum Gasteiger partial charge on any atom is 0.338 e. The van der Waals surface area contributed by atoms with Crippen molar-refractivity contribution in [1.82, 2.24) is 0 Å². The number of methoxy groups -OCH3 is 2. The van der Waals surface area contributed by atoms with Crippen LogP contribution in [-0.2, 0) is 9.47 Å². The van der Waals surface area contributed by atoms with Gasteiger partial charge in [-0.05, 0) is 22.9 Å². The van der Waals surface area contributed by atoms with E-state index in [1.807, 2.05) is 0 Å². The first-order valence-corrected chi connectivity index (χ1v) is 5.37. The Kier molecular flexibility index (Phi) is 3.28. The van der Waals surface area contributed by atoms with Gasteiger partial charge >= 0.3 is 11.9 Å². The number of esters is 2. The Hall–Kier alpha value is -2.36. The summed E-state index contributed by atoms with van der Waals surface area (Å²) in [5, 5.41) is 1.35. The van der Waals surface area contributed by atoms with Crippen molar-refractivity contribution < 1.29 is 19.1 Å². The van der Waals surface area contributed by atoms with Crippen LogP contribution in [0.5, 0.6) is 0 Å². The number of hydrogen-bond acceptors (Lipinski definition) is 4. The molecule has 0 fully saturated rings. The number of rotatable bonds is 2. The van der Waals surface area contributed by atoms with E-state index in [2.05, 4.69) is 0 Å². The number of benzene rings is 2. The highest BCUT2D eigenvalue weighted by atomic mass is 16.5. The summed E-state index contributed by atoms with van der Waals surface area (Å²) < 4.78 is 9.43. The molecule has 2 rings (SSSR count). The van der Waals surface area contributed by atoms with Crippen LogP contribution in [0.2, 0.25) is 0 Å². The average Bonchev–Trinajstić information content (AvgIpc) is 2.44. The third-order valence-corrected chi connectivity index (χ3v) is 2.73. The Morgan fingerprint density at radius 2 is 1.17 bits per heavy atom. The Morgan fingerprint density at radius 1 is 0.778 bits per heavy atom. The molecule has 0 atom stereocenters. The van der Waals surface area contributed by atoms with Crippen LogP contribution in [0.15, 0.2) is 36.4 Å². The second kappa shape index (κ2) is 4.87. The molecule has 0 aliphatic rings. The van der Waals surface area contributed by atoms with Gasteiger partial charge in [0, 0.05) is 0 Å². The van der Waals surface area contributed by atoms with Crippen molar-refractivity contribution in [3.05, 3.63) is 47.5 Å². The standard InChI is InChI=1S/C14H12O4/c1-17-13(15)11-7-8-12(14(16)18-2)10-6-4-3-5-9(10)11/h3-8H,1-2H3. The van der Waals surface area contributed by atoms with Gasteiger partial charge in [-0.3, -0.25) is 0 Å². The molecule has 0 N–H and O–H groups in total. The highest BCUT2D eigenvalue weighted by Crippen LogP contribution is 2.24. The molecule has 18 heavy (non-hydrogen) atoms. The van der Waals surface area contributed by atoms with Crippen LogP contribution >= 0.6 is 0 Å². The molecule has 2 aromatic carbocycles. The Labute approximate surface area is 104 Å². The molecule has 0 radical (unpaired) electrons. The molecule has 0 unspecified atom stereocenters.